The minimum Gasteiger partial charge on any atom is -0.472 e. The van der Waals surface area contributed by atoms with Crippen molar-refractivity contribution < 1.29 is 20.1 Å². The number of aliphatic hydroxyl groups excluding tert-OH is 1. The number of rotatable bonds is 6. The van der Waals surface area contributed by atoms with E-state index in [0.29, 0.717) is 6.54 Å². The van der Waals surface area contributed by atoms with Crippen molar-refractivity contribution in [3.63, 3.8) is 0 Å². The molecule has 21 heavy (non-hydrogen) atoms. The molecule has 8 heteroatoms. The maximum Gasteiger partial charge on any atom is 0.270 e. The molecule has 7 nitrogen and oxygen atoms in total. The zero-order valence-electron chi connectivity index (χ0n) is 16.4. The number of nitrogens with zero attached hydrogens (tertiary/aromatic N) is 3. The summed E-state index contributed by atoms with van der Waals surface area (Å²) in [5.41, 5.74) is -0.145. The molecule has 2 N–H and O–H groups in total. The third-order valence-corrected chi connectivity index (χ3v) is 3.09. The average Bonchev–Trinajstić information content (AvgIpc) is 2.88. The molecule has 1 aromatic heterocycles. The van der Waals surface area contributed by atoms with Crippen LogP contribution < -0.4 is 15.0 Å². The van der Waals surface area contributed by atoms with Crippen LogP contribution in [0.25, 0.3) is 0 Å². The molecule has 1 fully saturated rings. The fourth-order valence-corrected chi connectivity index (χ4v) is 2.02. The van der Waals surface area contributed by atoms with Gasteiger partial charge in [0.2, 0.25) is 5.82 Å². The maximum absolute atomic E-state index is 10.0. The van der Waals surface area contributed by atoms with Gasteiger partial charge in [-0.2, -0.15) is 4.37 Å². The Balaban J connectivity index is 2.07. The molecule has 0 unspecified atom stereocenters. The molecule has 0 amide bonds. The second-order valence-corrected chi connectivity index (χ2v) is 6.16. The number of hydrogen-bond acceptors (Lipinski definition) is 8. The van der Waals surface area contributed by atoms with Gasteiger partial charge in [-0.3, -0.25) is 0 Å². The van der Waals surface area contributed by atoms with Crippen molar-refractivity contribution in [2.45, 2.75) is 32.4 Å². The molecule has 120 valence electrons. The van der Waals surface area contributed by atoms with E-state index in [0.717, 1.165) is 16.6 Å². The van der Waals surface area contributed by atoms with Gasteiger partial charge >= 0.3 is 0 Å². The number of aliphatic hydroxyl groups is 1. The quantitative estimate of drug-likeness (QED) is 0.790. The van der Waals surface area contributed by atoms with Crippen molar-refractivity contribution in [1.82, 2.24) is 14.1 Å². The summed E-state index contributed by atoms with van der Waals surface area (Å²) >= 11 is 0.793. The average molecular weight is 320 g/mol. The second-order valence-electron chi connectivity index (χ2n) is 5.63. The van der Waals surface area contributed by atoms with Crippen LogP contribution in [0.4, 0.5) is 5.82 Å². The van der Waals surface area contributed by atoms with Crippen LogP contribution in [0.2, 0.25) is 0 Å². The first-order chi connectivity index (χ1) is 11.4. The monoisotopic (exact) mass is 320 g/mol. The fourth-order valence-electron chi connectivity index (χ4n) is 1.54. The third-order valence-electron chi connectivity index (χ3n) is 2.58. The Kier molecular flexibility index (Phi) is 4.05. The van der Waals surface area contributed by atoms with E-state index >= 15 is 0 Å². The minimum absolute atomic E-state index is 0.00513. The van der Waals surface area contributed by atoms with Crippen molar-refractivity contribution in [2.24, 2.45) is 0 Å². The molecule has 0 bridgehead atoms. The molecular formula is C13H24N4O3S. The van der Waals surface area contributed by atoms with Gasteiger partial charge in [0, 0.05) is 25.1 Å². The van der Waals surface area contributed by atoms with E-state index < -0.39 is 19.1 Å². The smallest absolute Gasteiger partial charge is 0.270 e. The van der Waals surface area contributed by atoms with Gasteiger partial charge < -0.3 is 24.8 Å². The lowest BCUT2D eigenvalue weighted by Gasteiger charge is -2.27. The molecule has 1 aliphatic rings. The van der Waals surface area contributed by atoms with Gasteiger partial charge in [-0.05, 0) is 20.8 Å². The van der Waals surface area contributed by atoms with Crippen LogP contribution in [0, 0.1) is 0 Å². The topological polar surface area (TPSA) is 79.7 Å². The van der Waals surface area contributed by atoms with Crippen LogP contribution in [-0.2, 0) is 4.74 Å². The zero-order valence-corrected chi connectivity index (χ0v) is 13.2. The van der Waals surface area contributed by atoms with E-state index in [1.165, 1.54) is 0 Å². The first-order valence-electron chi connectivity index (χ1n) is 8.69. The first-order valence-corrected chi connectivity index (χ1v) is 7.42. The summed E-state index contributed by atoms with van der Waals surface area (Å²) < 4.78 is 50.5. The summed E-state index contributed by atoms with van der Waals surface area (Å²) in [7, 11) is 0. The molecule has 2 rings (SSSR count). The summed E-state index contributed by atoms with van der Waals surface area (Å²) in [6.45, 7) is 1.41. The SMILES string of the molecule is [2H]C1([2H])COCC([2H])([2H])N1c1nsnc1OC[C@@H](O)CNC(C)(C)C. The highest BCUT2D eigenvalue weighted by atomic mass is 32.1. The highest BCUT2D eigenvalue weighted by molar-refractivity contribution is 6.99. The lowest BCUT2D eigenvalue weighted by Crippen LogP contribution is -2.42. The molecule has 0 aliphatic carbocycles. The van der Waals surface area contributed by atoms with Gasteiger partial charge in [0.05, 0.1) is 30.4 Å². The van der Waals surface area contributed by atoms with Crippen LogP contribution in [-0.4, -0.2) is 64.9 Å². The van der Waals surface area contributed by atoms with E-state index in [1.807, 2.05) is 20.8 Å². The summed E-state index contributed by atoms with van der Waals surface area (Å²) in [6.07, 6.45) is -0.799. The standard InChI is InChI=1S/C13H24N4O3S/c1-13(2,3)14-8-10(18)9-20-12-11(15-21-16-12)17-4-6-19-7-5-17/h10,14,18H,4-9H2,1-3H3/t10-/m0/s1/i4D2,5D2. The zero-order chi connectivity index (χ0) is 18.9. The van der Waals surface area contributed by atoms with Crippen LogP contribution in [0.15, 0.2) is 0 Å². The molecule has 1 aliphatic heterocycles. The lowest BCUT2D eigenvalue weighted by molar-refractivity contribution is 0.0975. The Labute approximate surface area is 135 Å². The number of aromatic nitrogens is 2. The van der Waals surface area contributed by atoms with Gasteiger partial charge in [0.1, 0.15) is 12.7 Å². The van der Waals surface area contributed by atoms with Crippen molar-refractivity contribution in [3.8, 4) is 5.88 Å². The maximum atomic E-state index is 10.0. The Morgan fingerprint density at radius 2 is 2.19 bits per heavy atom. The largest absolute Gasteiger partial charge is 0.472 e. The van der Waals surface area contributed by atoms with Gasteiger partial charge in [0.15, 0.2) is 0 Å². The van der Waals surface area contributed by atoms with E-state index in [-0.39, 0.29) is 37.1 Å². The molecule has 1 saturated heterocycles. The summed E-state index contributed by atoms with van der Waals surface area (Å²) in [5.74, 6) is -0.0336. The summed E-state index contributed by atoms with van der Waals surface area (Å²) in [6, 6.07) is 0. The highest BCUT2D eigenvalue weighted by Crippen LogP contribution is 2.26. The molecule has 1 atom stereocenters. The number of anilines is 1. The van der Waals surface area contributed by atoms with Crippen LogP contribution in [0.3, 0.4) is 0 Å². The lowest BCUT2D eigenvalue weighted by atomic mass is 10.1. The van der Waals surface area contributed by atoms with Crippen LogP contribution in [0.5, 0.6) is 5.88 Å². The van der Waals surface area contributed by atoms with Gasteiger partial charge in [0.25, 0.3) is 5.88 Å². The number of morpholine rings is 1. The minimum atomic E-state index is -2.10. The Morgan fingerprint density at radius 3 is 2.86 bits per heavy atom. The number of β-amino-alcohol motifs (C(OH)–C–C–N with tert-alkyl or cyclic N) is 1. The fraction of sp³-hybridized carbons (Fsp3) is 0.846. The van der Waals surface area contributed by atoms with E-state index in [2.05, 4.69) is 14.1 Å². The Bertz CT molecular complexity index is 566. The van der Waals surface area contributed by atoms with Gasteiger partial charge in [-0.1, -0.05) is 0 Å². The molecule has 0 saturated carbocycles. The summed E-state index contributed by atoms with van der Waals surface area (Å²) in [5, 5.41) is 13.1. The molecule has 0 aromatic carbocycles. The molecule has 2 heterocycles. The van der Waals surface area contributed by atoms with Gasteiger partial charge in [-0.25, -0.2) is 0 Å². The normalized spacial score (nSPS) is 25.4. The highest BCUT2D eigenvalue weighted by Gasteiger charge is 2.21. The Morgan fingerprint density at radius 1 is 1.48 bits per heavy atom. The number of hydrogen-bond donors (Lipinski definition) is 2. The van der Waals surface area contributed by atoms with Crippen molar-refractivity contribution in [3.05, 3.63) is 0 Å². The number of ether oxygens (including phenoxy) is 2. The van der Waals surface area contributed by atoms with Crippen molar-refractivity contribution in [1.29, 1.82) is 0 Å². The first kappa shape index (κ1) is 11.6. The molecule has 0 spiro atoms. The molecular weight excluding hydrogens is 292 g/mol. The number of nitrogens with one attached hydrogen (secondary N) is 1. The van der Waals surface area contributed by atoms with Crippen molar-refractivity contribution >= 4 is 17.5 Å². The van der Waals surface area contributed by atoms with Gasteiger partial charge in [-0.15, -0.1) is 4.37 Å². The van der Waals surface area contributed by atoms with Crippen LogP contribution >= 0.6 is 11.7 Å². The predicted octanol–water partition coefficient (Wildman–Crippen LogP) is 0.502. The second kappa shape index (κ2) is 7.35. The van der Waals surface area contributed by atoms with E-state index in [9.17, 15) is 5.11 Å². The summed E-state index contributed by atoms with van der Waals surface area (Å²) in [4.78, 5) is 0.891. The van der Waals surface area contributed by atoms with E-state index in [1.54, 1.807) is 0 Å². The van der Waals surface area contributed by atoms with Crippen LogP contribution in [0.1, 0.15) is 26.3 Å². The van der Waals surface area contributed by atoms with Crippen molar-refractivity contribution in [2.75, 3.05) is 44.3 Å². The Hall–Kier alpha value is -0.960. The molecule has 1 aromatic rings. The predicted molar refractivity (Wildman–Crippen MR) is 82.2 cm³/mol. The molecule has 0 radical (unpaired) electrons. The third kappa shape index (κ3) is 5.39. The van der Waals surface area contributed by atoms with E-state index in [4.69, 9.17) is 15.0 Å².